The Morgan fingerprint density at radius 2 is 1.95 bits per heavy atom. The number of primary amides is 1. The molecular weight excluding hydrogens is 274 g/mol. The number of hydrogen-bond donors (Lipinski definition) is 2. The van der Waals surface area contributed by atoms with Crippen LogP contribution in [0.3, 0.4) is 0 Å². The molecule has 106 valence electrons. The maximum atomic E-state index is 12.4. The van der Waals surface area contributed by atoms with Crippen LogP contribution in [0.2, 0.25) is 0 Å². The second-order valence-electron chi connectivity index (χ2n) is 5.35. The maximum absolute atomic E-state index is 12.4. The van der Waals surface area contributed by atoms with E-state index in [1.54, 1.807) is 36.1 Å². The van der Waals surface area contributed by atoms with Gasteiger partial charge in [-0.05, 0) is 25.5 Å². The van der Waals surface area contributed by atoms with Crippen LogP contribution in [0.4, 0.5) is 0 Å². The van der Waals surface area contributed by atoms with E-state index in [-0.39, 0.29) is 16.8 Å². The lowest BCUT2D eigenvalue weighted by atomic mass is 9.89. The first kappa shape index (κ1) is 14.5. The summed E-state index contributed by atoms with van der Waals surface area (Å²) in [5.74, 6) is -0.502. The van der Waals surface area contributed by atoms with Gasteiger partial charge in [0.15, 0.2) is 0 Å². The van der Waals surface area contributed by atoms with E-state index in [0.717, 1.165) is 0 Å². The lowest BCUT2D eigenvalue weighted by molar-refractivity contribution is -0.126. The lowest BCUT2D eigenvalue weighted by Gasteiger charge is -2.21. The van der Waals surface area contributed by atoms with Crippen LogP contribution < -0.4 is 11.5 Å². The van der Waals surface area contributed by atoms with Crippen molar-refractivity contribution in [3.8, 4) is 0 Å². The van der Waals surface area contributed by atoms with E-state index in [1.165, 1.54) is 0 Å². The second kappa shape index (κ2) is 5.20. The Hall–Kier alpha value is -1.95. The predicted molar refractivity (Wildman–Crippen MR) is 80.2 cm³/mol. The summed E-state index contributed by atoms with van der Waals surface area (Å²) >= 11 is 4.91. The minimum absolute atomic E-state index is 0.131. The molecule has 20 heavy (non-hydrogen) atoms. The molecule has 1 saturated heterocycles. The van der Waals surface area contributed by atoms with Gasteiger partial charge in [0, 0.05) is 24.2 Å². The molecule has 0 saturated carbocycles. The van der Waals surface area contributed by atoms with Crippen molar-refractivity contribution in [2.75, 3.05) is 13.1 Å². The highest BCUT2D eigenvalue weighted by Gasteiger charge is 2.40. The van der Waals surface area contributed by atoms with E-state index < -0.39 is 5.41 Å². The van der Waals surface area contributed by atoms with Gasteiger partial charge in [0.2, 0.25) is 5.91 Å². The van der Waals surface area contributed by atoms with Gasteiger partial charge in [0.05, 0.1) is 5.41 Å². The van der Waals surface area contributed by atoms with Crippen molar-refractivity contribution in [2.45, 2.75) is 13.3 Å². The van der Waals surface area contributed by atoms with Crippen molar-refractivity contribution in [3.63, 3.8) is 0 Å². The van der Waals surface area contributed by atoms with Gasteiger partial charge < -0.3 is 16.4 Å². The number of nitrogens with two attached hydrogens (primary N) is 2. The minimum atomic E-state index is -0.642. The van der Waals surface area contributed by atoms with Crippen LogP contribution in [0.15, 0.2) is 24.3 Å². The van der Waals surface area contributed by atoms with E-state index in [2.05, 4.69) is 0 Å². The molecule has 4 N–H and O–H groups in total. The van der Waals surface area contributed by atoms with Gasteiger partial charge in [0.25, 0.3) is 5.91 Å². The number of amides is 2. The van der Waals surface area contributed by atoms with E-state index in [4.69, 9.17) is 23.7 Å². The highest BCUT2D eigenvalue weighted by molar-refractivity contribution is 7.80. The zero-order valence-corrected chi connectivity index (χ0v) is 12.1. The quantitative estimate of drug-likeness (QED) is 0.801. The number of likely N-dealkylation sites (tertiary alicyclic amines) is 1. The van der Waals surface area contributed by atoms with Crippen LogP contribution in [0.1, 0.15) is 29.3 Å². The molecule has 1 aromatic rings. The molecule has 1 atom stereocenters. The molecule has 0 spiro atoms. The highest BCUT2D eigenvalue weighted by Crippen LogP contribution is 2.30. The van der Waals surface area contributed by atoms with E-state index in [9.17, 15) is 9.59 Å². The third-order valence-electron chi connectivity index (χ3n) is 3.75. The van der Waals surface area contributed by atoms with Crippen molar-refractivity contribution in [3.05, 3.63) is 35.4 Å². The first-order chi connectivity index (χ1) is 9.33. The van der Waals surface area contributed by atoms with Gasteiger partial charge in [-0.15, -0.1) is 0 Å². The number of nitrogens with zero attached hydrogens (tertiary/aromatic N) is 1. The van der Waals surface area contributed by atoms with Crippen LogP contribution in [0, 0.1) is 5.41 Å². The predicted octanol–water partition coefficient (Wildman–Crippen LogP) is 0.658. The van der Waals surface area contributed by atoms with Crippen LogP contribution in [0.25, 0.3) is 0 Å². The zero-order chi connectivity index (χ0) is 14.9. The Morgan fingerprint density at radius 3 is 2.50 bits per heavy atom. The van der Waals surface area contributed by atoms with Crippen molar-refractivity contribution in [2.24, 2.45) is 16.9 Å². The van der Waals surface area contributed by atoms with Crippen LogP contribution >= 0.6 is 12.2 Å². The first-order valence-corrected chi connectivity index (χ1v) is 6.73. The second-order valence-corrected chi connectivity index (χ2v) is 5.79. The summed E-state index contributed by atoms with van der Waals surface area (Å²) in [6.45, 7) is 2.65. The Labute approximate surface area is 122 Å². The molecule has 6 heteroatoms. The molecule has 0 bridgehead atoms. The number of rotatable bonds is 3. The molecule has 2 rings (SSSR count). The molecule has 1 aliphatic rings. The molecule has 5 nitrogen and oxygen atoms in total. The van der Waals surface area contributed by atoms with Gasteiger partial charge in [0.1, 0.15) is 4.99 Å². The topological polar surface area (TPSA) is 89.4 Å². The summed E-state index contributed by atoms with van der Waals surface area (Å²) in [6, 6.07) is 6.89. The molecule has 0 aliphatic carbocycles. The Bertz CT molecular complexity index is 588. The SMILES string of the molecule is CC1(C(N)=O)CCN(C(=O)c2cccc(C(N)=S)c2)C1. The molecule has 2 amide bonds. The molecule has 1 heterocycles. The zero-order valence-electron chi connectivity index (χ0n) is 11.3. The third kappa shape index (κ3) is 2.65. The fraction of sp³-hybridized carbons (Fsp3) is 0.357. The number of benzene rings is 1. The Balaban J connectivity index is 2.19. The summed E-state index contributed by atoms with van der Waals surface area (Å²) in [7, 11) is 0. The fourth-order valence-corrected chi connectivity index (χ4v) is 2.45. The van der Waals surface area contributed by atoms with Crippen LogP contribution in [-0.4, -0.2) is 34.8 Å². The van der Waals surface area contributed by atoms with E-state index in [1.807, 2.05) is 0 Å². The van der Waals surface area contributed by atoms with Crippen LogP contribution in [0.5, 0.6) is 0 Å². The number of hydrogen-bond acceptors (Lipinski definition) is 3. The molecule has 1 unspecified atom stereocenters. The normalized spacial score (nSPS) is 21.8. The molecular formula is C14H17N3O2S. The fourth-order valence-electron chi connectivity index (χ4n) is 2.32. The molecule has 1 aliphatic heterocycles. The maximum Gasteiger partial charge on any atom is 0.253 e. The van der Waals surface area contributed by atoms with Crippen molar-refractivity contribution >= 4 is 29.0 Å². The summed E-state index contributed by atoms with van der Waals surface area (Å²) in [5.41, 5.74) is 11.5. The summed E-state index contributed by atoms with van der Waals surface area (Å²) in [4.78, 5) is 25.7. The van der Waals surface area contributed by atoms with Gasteiger partial charge in [-0.3, -0.25) is 9.59 Å². The molecule has 0 radical (unpaired) electrons. The third-order valence-corrected chi connectivity index (χ3v) is 3.99. The summed E-state index contributed by atoms with van der Waals surface area (Å²) in [6.07, 6.45) is 0.586. The molecule has 0 aromatic heterocycles. The standard InChI is InChI=1S/C14H17N3O2S/c1-14(13(16)19)5-6-17(8-14)12(18)10-4-2-3-9(7-10)11(15)20/h2-4,7H,5-6,8H2,1H3,(H2,15,20)(H2,16,19). The van der Waals surface area contributed by atoms with Gasteiger partial charge in [-0.1, -0.05) is 24.4 Å². The lowest BCUT2D eigenvalue weighted by Crippen LogP contribution is -2.38. The molecule has 1 aromatic carbocycles. The van der Waals surface area contributed by atoms with E-state index in [0.29, 0.717) is 30.6 Å². The smallest absolute Gasteiger partial charge is 0.253 e. The summed E-state index contributed by atoms with van der Waals surface area (Å²) < 4.78 is 0. The van der Waals surface area contributed by atoms with Gasteiger partial charge in [-0.25, -0.2) is 0 Å². The van der Waals surface area contributed by atoms with Crippen LogP contribution in [-0.2, 0) is 4.79 Å². The first-order valence-electron chi connectivity index (χ1n) is 6.32. The number of carbonyl (C=O) groups is 2. The van der Waals surface area contributed by atoms with Gasteiger partial charge >= 0.3 is 0 Å². The van der Waals surface area contributed by atoms with Crippen molar-refractivity contribution in [1.82, 2.24) is 4.90 Å². The average Bonchev–Trinajstić information content (AvgIpc) is 2.82. The number of thiocarbonyl (C=S) groups is 1. The average molecular weight is 291 g/mol. The summed E-state index contributed by atoms with van der Waals surface area (Å²) in [5, 5.41) is 0. The van der Waals surface area contributed by atoms with Gasteiger partial charge in [-0.2, -0.15) is 0 Å². The molecule has 1 fully saturated rings. The monoisotopic (exact) mass is 291 g/mol. The van der Waals surface area contributed by atoms with Crippen molar-refractivity contribution in [1.29, 1.82) is 0 Å². The van der Waals surface area contributed by atoms with Crippen molar-refractivity contribution < 1.29 is 9.59 Å². The largest absolute Gasteiger partial charge is 0.389 e. The number of carbonyl (C=O) groups excluding carboxylic acids is 2. The highest BCUT2D eigenvalue weighted by atomic mass is 32.1. The Morgan fingerprint density at radius 1 is 1.30 bits per heavy atom. The Kier molecular flexibility index (Phi) is 3.76. The van der Waals surface area contributed by atoms with E-state index >= 15 is 0 Å². The minimum Gasteiger partial charge on any atom is -0.389 e.